The van der Waals surface area contributed by atoms with Gasteiger partial charge >= 0.3 is 5.97 Å². The first-order valence-electron chi connectivity index (χ1n) is 26.5. The number of ether oxygens (including phenoxy) is 4. The van der Waals surface area contributed by atoms with Crippen LogP contribution in [0.1, 0.15) is 104 Å². The van der Waals surface area contributed by atoms with Crippen LogP contribution in [-0.2, 0) is 65.9 Å². The number of hydrogen-bond donors (Lipinski definition) is 1. The number of aryl methyl sites for hydroxylation is 2. The molecule has 0 bridgehead atoms. The highest BCUT2D eigenvalue weighted by Crippen LogP contribution is 2.40. The second kappa shape index (κ2) is 27.1. The maximum atomic E-state index is 14.1. The van der Waals surface area contributed by atoms with Gasteiger partial charge in [-0.15, -0.1) is 0 Å². The van der Waals surface area contributed by atoms with Crippen molar-refractivity contribution in [3.63, 3.8) is 0 Å². The number of hydroxylamine groups is 1. The Morgan fingerprint density at radius 3 is 1.44 bits per heavy atom. The number of hydrogen-bond acceptors (Lipinski definition) is 17. The van der Waals surface area contributed by atoms with Crippen LogP contribution in [0.15, 0.2) is 83.1 Å². The number of piperidine rings is 2. The second-order valence-electron chi connectivity index (χ2n) is 21.5. The molecule has 0 aliphatic carbocycles. The molecule has 2 aromatic carbocycles. The Kier molecular flexibility index (Phi) is 21.7. The molecule has 3 aliphatic heterocycles. The summed E-state index contributed by atoms with van der Waals surface area (Å²) < 4.78 is 127. The summed E-state index contributed by atoms with van der Waals surface area (Å²) in [5, 5.41) is 0. The number of methoxy groups -OCH3 is 2. The summed E-state index contributed by atoms with van der Waals surface area (Å²) in [6.45, 7) is 11.3. The van der Waals surface area contributed by atoms with Crippen LogP contribution >= 0.6 is 0 Å². The lowest BCUT2D eigenvalue weighted by Crippen LogP contribution is -2.58. The van der Waals surface area contributed by atoms with E-state index in [4.69, 9.17) is 23.8 Å². The molecule has 436 valence electrons. The lowest BCUT2D eigenvalue weighted by molar-refractivity contribution is -0.202. The van der Waals surface area contributed by atoms with Gasteiger partial charge in [-0.2, -0.15) is 0 Å². The highest BCUT2D eigenvalue weighted by atomic mass is 32.2. The molecule has 5 heterocycles. The van der Waals surface area contributed by atoms with Crippen LogP contribution in [0.3, 0.4) is 0 Å². The fourth-order valence-electron chi connectivity index (χ4n) is 9.33. The third-order valence-corrected chi connectivity index (χ3v) is 19.2. The third-order valence-electron chi connectivity index (χ3n) is 14.2. The zero-order valence-electron chi connectivity index (χ0n) is 46.2. The number of halogens is 4. The van der Waals surface area contributed by atoms with Crippen LogP contribution in [0, 0.1) is 0 Å². The molecule has 1 atom stereocenters. The molecule has 0 radical (unpaired) electrons. The highest BCUT2D eigenvalue weighted by molar-refractivity contribution is 7.94. The van der Waals surface area contributed by atoms with Gasteiger partial charge in [-0.25, -0.2) is 44.7 Å². The highest BCUT2D eigenvalue weighted by Gasteiger charge is 2.55. The maximum absolute atomic E-state index is 14.1. The van der Waals surface area contributed by atoms with Crippen LogP contribution in [-0.4, -0.2) is 165 Å². The molecule has 1 unspecified atom stereocenters. The molecular formula is C55H75F4N7O11S2. The average molecular weight is 1150 g/mol. The Morgan fingerprint density at radius 1 is 0.646 bits per heavy atom. The zero-order valence-corrected chi connectivity index (χ0v) is 47.8. The van der Waals surface area contributed by atoms with Gasteiger partial charge in [0.2, 0.25) is 11.8 Å². The molecule has 0 spiro atoms. The number of likely N-dealkylation sites (tertiary alicyclic amines) is 2. The minimum Gasteiger partial charge on any atom is -0.459 e. The molecule has 79 heavy (non-hydrogen) atoms. The lowest BCUT2D eigenvalue weighted by atomic mass is 9.95. The third kappa shape index (κ3) is 17.0. The molecule has 3 aliphatic rings. The van der Waals surface area contributed by atoms with Gasteiger partial charge in [-0.1, -0.05) is 24.3 Å². The minimum absolute atomic E-state index is 0.00501. The van der Waals surface area contributed by atoms with Crippen molar-refractivity contribution in [1.29, 1.82) is 0 Å². The maximum Gasteiger partial charge on any atom is 0.328 e. The standard InChI is InChI=1S/C28H38F2N4O6S.C27H37F2N3O5S/c1-27(29,30)11-10-22-19-32-24(20-31-22)21-6-8-23(9-7-21)41(36,37)28(12-14-34(15-13-28)16-18-38-2)26(35)33-40-25-5-3-4-17-39-25;1-25(2,3)37-24(33)27(12-14-32(15-13-27)16-17-36-5)38(34,35)22-8-6-20(7-9-22)23-19-30-21(18-31-23)10-11-26(4,28)29/h6-9,19-20,25H,3-5,10-18H2,1-2H3,(H,33,35);6-9,18-19H,10-17H2,1-5H3. The van der Waals surface area contributed by atoms with Crippen molar-refractivity contribution in [2.75, 3.05) is 73.3 Å². The zero-order chi connectivity index (χ0) is 57.7. The number of rotatable bonds is 22. The van der Waals surface area contributed by atoms with E-state index in [0.717, 1.165) is 26.7 Å². The van der Waals surface area contributed by atoms with Gasteiger partial charge in [0.25, 0.3) is 5.91 Å². The second-order valence-corrected chi connectivity index (χ2v) is 26.0. The van der Waals surface area contributed by atoms with Crippen molar-refractivity contribution in [3.8, 4) is 22.5 Å². The van der Waals surface area contributed by atoms with Crippen LogP contribution in [0.5, 0.6) is 0 Å². The molecule has 4 aromatic rings. The van der Waals surface area contributed by atoms with Crippen LogP contribution in [0.25, 0.3) is 22.5 Å². The molecular weight excluding hydrogens is 1070 g/mol. The van der Waals surface area contributed by atoms with Crippen LogP contribution < -0.4 is 5.48 Å². The minimum atomic E-state index is -4.14. The molecule has 2 aromatic heterocycles. The quantitative estimate of drug-likeness (QED) is 0.0449. The SMILES string of the molecule is COCCN1CCC(C(=O)NOC2CCCCO2)(S(=O)(=O)c2ccc(-c3cnc(CCC(C)(F)F)cn3)cc2)CC1.COCCN1CCC(C(=O)OC(C)(C)C)(S(=O)(=O)c2ccc(-c3cnc(CCC(C)(F)F)cn3)cc2)CC1. The van der Waals surface area contributed by atoms with E-state index in [1.807, 2.05) is 0 Å². The van der Waals surface area contributed by atoms with Gasteiger partial charge in [0.05, 0.1) is 58.2 Å². The number of esters is 1. The summed E-state index contributed by atoms with van der Waals surface area (Å²) in [6.07, 6.45) is 7.59. The van der Waals surface area contributed by atoms with Gasteiger partial charge in [0, 0.05) is 103 Å². The van der Waals surface area contributed by atoms with E-state index in [0.29, 0.717) is 99.4 Å². The topological polar surface area (TPSA) is 219 Å². The Morgan fingerprint density at radius 2 is 1.08 bits per heavy atom. The van der Waals surface area contributed by atoms with E-state index in [9.17, 15) is 44.0 Å². The van der Waals surface area contributed by atoms with E-state index in [1.54, 1.807) is 59.3 Å². The predicted molar refractivity (Wildman–Crippen MR) is 286 cm³/mol. The van der Waals surface area contributed by atoms with Gasteiger partial charge in [0.1, 0.15) is 5.60 Å². The summed E-state index contributed by atoms with van der Waals surface area (Å²) in [5.74, 6) is -7.01. The molecule has 0 saturated carbocycles. The number of aromatic nitrogens is 4. The van der Waals surface area contributed by atoms with E-state index in [-0.39, 0.29) is 61.2 Å². The van der Waals surface area contributed by atoms with Gasteiger partial charge in [-0.05, 0) is 110 Å². The largest absolute Gasteiger partial charge is 0.459 e. The molecule has 1 amide bonds. The van der Waals surface area contributed by atoms with Gasteiger partial charge < -0.3 is 28.7 Å². The summed E-state index contributed by atoms with van der Waals surface area (Å²) in [5.41, 5.74) is 4.64. The summed E-state index contributed by atoms with van der Waals surface area (Å²) in [6, 6.07) is 12.2. The van der Waals surface area contributed by atoms with Crippen molar-refractivity contribution < 1.29 is 67.8 Å². The lowest BCUT2D eigenvalue weighted by Gasteiger charge is -2.40. The Bertz CT molecular complexity index is 2810. The van der Waals surface area contributed by atoms with E-state index >= 15 is 0 Å². The number of carbonyl (C=O) groups excluding carboxylic acids is 2. The monoisotopic (exact) mass is 1150 g/mol. The summed E-state index contributed by atoms with van der Waals surface area (Å²) in [7, 11) is -5.04. The van der Waals surface area contributed by atoms with E-state index in [2.05, 4.69) is 35.2 Å². The molecule has 24 heteroatoms. The number of alkyl halides is 4. The number of amides is 1. The van der Waals surface area contributed by atoms with Crippen molar-refractivity contribution in [2.24, 2.45) is 0 Å². The predicted octanol–water partition coefficient (Wildman–Crippen LogP) is 7.89. The first-order valence-corrected chi connectivity index (χ1v) is 29.5. The molecule has 7 rings (SSSR count). The van der Waals surface area contributed by atoms with Crippen LogP contribution in [0.4, 0.5) is 17.6 Å². The number of nitrogens with zero attached hydrogens (tertiary/aromatic N) is 6. The Balaban J connectivity index is 0.000000256. The molecule has 1 N–H and O–H groups in total. The van der Waals surface area contributed by atoms with Gasteiger partial charge in [-0.3, -0.25) is 29.5 Å². The fraction of sp³-hybridized carbons (Fsp3) is 0.600. The molecule has 18 nitrogen and oxygen atoms in total. The van der Waals surface area contributed by atoms with E-state index < -0.39 is 64.8 Å². The molecule has 3 fully saturated rings. The number of carbonyl (C=O) groups is 2. The van der Waals surface area contributed by atoms with Crippen LogP contribution in [0.2, 0.25) is 0 Å². The summed E-state index contributed by atoms with van der Waals surface area (Å²) in [4.78, 5) is 53.7. The van der Waals surface area contributed by atoms with E-state index in [1.165, 1.54) is 49.1 Å². The van der Waals surface area contributed by atoms with Crippen molar-refractivity contribution in [3.05, 3.63) is 84.7 Å². The first-order chi connectivity index (χ1) is 37.2. The van der Waals surface area contributed by atoms with Crippen molar-refractivity contribution in [1.82, 2.24) is 35.2 Å². The first kappa shape index (κ1) is 63.1. The number of sulfone groups is 2. The molecule has 3 saturated heterocycles. The van der Waals surface area contributed by atoms with Crippen molar-refractivity contribution in [2.45, 2.75) is 148 Å². The smallest absolute Gasteiger partial charge is 0.328 e. The number of nitrogens with one attached hydrogen (secondary N) is 1. The Labute approximate surface area is 461 Å². The number of benzene rings is 2. The fourth-order valence-corrected chi connectivity index (χ4v) is 13.2. The van der Waals surface area contributed by atoms with Crippen molar-refractivity contribution >= 4 is 31.6 Å². The van der Waals surface area contributed by atoms with Gasteiger partial charge in [0.15, 0.2) is 35.5 Å². The summed E-state index contributed by atoms with van der Waals surface area (Å²) >= 11 is 0. The Hall–Kier alpha value is -5.08. The average Bonchev–Trinajstić information content (AvgIpc) is 3.59. The normalized spacial score (nSPS) is 18.5.